The number of hydrogen-bond acceptors (Lipinski definition) is 8. The highest BCUT2D eigenvalue weighted by molar-refractivity contribution is 7.74. The molecule has 8 nitrogen and oxygen atoms in total. The monoisotopic (exact) mass is 286 g/mol. The third-order valence-corrected chi connectivity index (χ3v) is 5.75. The van der Waals surface area contributed by atoms with Gasteiger partial charge in [-0.2, -0.15) is 8.78 Å². The van der Waals surface area contributed by atoms with E-state index < -0.39 is 28.2 Å². The van der Waals surface area contributed by atoms with Crippen LogP contribution in [0.15, 0.2) is 0 Å². The molecule has 0 heterocycles. The Morgan fingerprint density at radius 3 is 1.60 bits per heavy atom. The van der Waals surface area contributed by atoms with Crippen LogP contribution in [0.4, 0.5) is 8.78 Å². The quantitative estimate of drug-likeness (QED) is 0.548. The summed E-state index contributed by atoms with van der Waals surface area (Å²) in [6.45, 7) is 0.119. The van der Waals surface area contributed by atoms with E-state index >= 15 is 0 Å². The van der Waals surface area contributed by atoms with Gasteiger partial charge in [0.15, 0.2) is 0 Å². The Morgan fingerprint density at radius 1 is 1.07 bits per heavy atom. The predicted octanol–water partition coefficient (Wildman–Crippen LogP) is -1.80. The summed E-state index contributed by atoms with van der Waals surface area (Å²) in [4.78, 5) is 40.4. The number of alkyl halides is 2. The molecule has 0 amide bonds. The van der Waals surface area contributed by atoms with Gasteiger partial charge in [-0.3, -0.25) is 4.31 Å². The molecule has 0 saturated heterocycles. The SMILES string of the molecule is CP(=O)([O-])OP(=O)([O-])C(F)(F)P(=O)([O-])[O-]. The van der Waals surface area contributed by atoms with Crippen LogP contribution in [0.5, 0.6) is 0 Å². The van der Waals surface area contributed by atoms with Crippen LogP contribution in [0.3, 0.4) is 0 Å². The average molecular weight is 286 g/mol. The first kappa shape index (κ1) is 15.3. The number of rotatable bonds is 4. The van der Waals surface area contributed by atoms with Crippen LogP contribution in [-0.2, 0) is 18.0 Å². The average Bonchev–Trinajstić information content (AvgIpc) is 1.77. The van der Waals surface area contributed by atoms with E-state index in [4.69, 9.17) is 0 Å². The van der Waals surface area contributed by atoms with E-state index in [9.17, 15) is 42.0 Å². The molecule has 0 aromatic heterocycles. The summed E-state index contributed by atoms with van der Waals surface area (Å²) < 4.78 is 58.2. The van der Waals surface area contributed by atoms with E-state index in [1.807, 2.05) is 0 Å². The van der Waals surface area contributed by atoms with E-state index in [2.05, 4.69) is 4.31 Å². The van der Waals surface area contributed by atoms with Crippen LogP contribution in [0.2, 0.25) is 0 Å². The summed E-state index contributed by atoms with van der Waals surface area (Å²) in [5.74, 6) is 0. The largest absolute Gasteiger partial charge is 0.806 e. The minimum atomic E-state index is -6.87. The first-order valence-electron chi connectivity index (χ1n) is 2.92. The number of hydrogen-bond donors (Lipinski definition) is 0. The molecule has 0 aromatic rings. The zero-order chi connectivity index (χ0) is 12.7. The fourth-order valence-electron chi connectivity index (χ4n) is 0.394. The van der Waals surface area contributed by atoms with Crippen LogP contribution < -0.4 is 19.6 Å². The van der Waals surface area contributed by atoms with Crippen molar-refractivity contribution in [1.29, 1.82) is 0 Å². The van der Waals surface area contributed by atoms with E-state index in [1.165, 1.54) is 0 Å². The summed E-state index contributed by atoms with van der Waals surface area (Å²) in [6, 6.07) is 0. The lowest BCUT2D eigenvalue weighted by Gasteiger charge is -2.44. The zero-order valence-electron chi connectivity index (χ0n) is 6.86. The Hall–Kier alpha value is 0.350. The summed E-state index contributed by atoms with van der Waals surface area (Å²) in [7, 11) is -18.7. The van der Waals surface area contributed by atoms with Gasteiger partial charge in [0.05, 0.1) is 0 Å². The van der Waals surface area contributed by atoms with Gasteiger partial charge in [-0.25, -0.2) is 0 Å². The van der Waals surface area contributed by atoms with Crippen molar-refractivity contribution in [3.8, 4) is 0 Å². The highest BCUT2D eigenvalue weighted by Gasteiger charge is 2.47. The zero-order valence-corrected chi connectivity index (χ0v) is 9.55. The first-order valence-corrected chi connectivity index (χ1v) is 7.99. The van der Waals surface area contributed by atoms with Gasteiger partial charge < -0.3 is 33.3 Å². The molecule has 0 rings (SSSR count). The van der Waals surface area contributed by atoms with Gasteiger partial charge in [0.25, 0.3) is 0 Å². The fraction of sp³-hybridized carbons (Fsp3) is 1.00. The van der Waals surface area contributed by atoms with Gasteiger partial charge in [-0.05, 0) is 0 Å². The van der Waals surface area contributed by atoms with Gasteiger partial charge in [-0.1, -0.05) is 0 Å². The van der Waals surface area contributed by atoms with Crippen LogP contribution in [0, 0.1) is 0 Å². The minimum Gasteiger partial charge on any atom is -0.806 e. The van der Waals surface area contributed by atoms with Gasteiger partial charge in [0.1, 0.15) is 7.60 Å². The molecule has 0 aliphatic rings. The smallest absolute Gasteiger partial charge is 0.332 e. The maximum absolute atomic E-state index is 12.4. The van der Waals surface area contributed by atoms with Crippen molar-refractivity contribution in [2.75, 3.05) is 6.66 Å². The molecule has 15 heavy (non-hydrogen) atoms. The predicted molar refractivity (Wildman–Crippen MR) is 34.8 cm³/mol. The van der Waals surface area contributed by atoms with Crippen molar-refractivity contribution in [3.05, 3.63) is 0 Å². The topological polar surface area (TPSA) is 153 Å². The Kier molecular flexibility index (Phi) is 4.07. The molecule has 92 valence electrons. The van der Waals surface area contributed by atoms with Crippen LogP contribution in [-0.4, -0.2) is 12.1 Å². The molecule has 13 heteroatoms. The molecular formula is C2H3F2O8P3-4. The molecule has 2 unspecified atom stereocenters. The van der Waals surface area contributed by atoms with Gasteiger partial charge >= 0.3 is 5.40 Å². The van der Waals surface area contributed by atoms with E-state index in [0.717, 1.165) is 0 Å². The van der Waals surface area contributed by atoms with Crippen molar-refractivity contribution < 1.29 is 46.4 Å². The van der Waals surface area contributed by atoms with Crippen LogP contribution >= 0.6 is 22.8 Å². The van der Waals surface area contributed by atoms with Gasteiger partial charge in [0.2, 0.25) is 7.60 Å². The first-order chi connectivity index (χ1) is 6.21. The Morgan fingerprint density at radius 2 is 1.40 bits per heavy atom. The van der Waals surface area contributed by atoms with Crippen molar-refractivity contribution in [3.63, 3.8) is 0 Å². The second-order valence-electron chi connectivity index (χ2n) is 2.36. The lowest BCUT2D eigenvalue weighted by atomic mass is 11.6. The molecule has 0 aliphatic heterocycles. The van der Waals surface area contributed by atoms with Crippen molar-refractivity contribution in [1.82, 2.24) is 0 Å². The van der Waals surface area contributed by atoms with Crippen molar-refractivity contribution in [2.45, 2.75) is 5.40 Å². The number of halogens is 2. The molecular weight excluding hydrogens is 283 g/mol. The van der Waals surface area contributed by atoms with E-state index in [-0.39, 0.29) is 6.66 Å². The van der Waals surface area contributed by atoms with Crippen molar-refractivity contribution >= 4 is 22.8 Å². The van der Waals surface area contributed by atoms with Gasteiger partial charge in [-0.15, -0.1) is 0 Å². The summed E-state index contributed by atoms with van der Waals surface area (Å²) in [5, 5.41) is -5.81. The third kappa shape index (κ3) is 3.69. The van der Waals surface area contributed by atoms with Crippen molar-refractivity contribution in [2.24, 2.45) is 0 Å². The van der Waals surface area contributed by atoms with Crippen LogP contribution in [0.25, 0.3) is 0 Å². The molecule has 0 radical (unpaired) electrons. The fourth-order valence-corrected chi connectivity index (χ4v) is 3.88. The highest BCUT2D eigenvalue weighted by atomic mass is 31.3. The molecule has 0 spiro atoms. The van der Waals surface area contributed by atoms with E-state index in [0.29, 0.717) is 0 Å². The maximum atomic E-state index is 12.4. The minimum absolute atomic E-state index is 0.119. The van der Waals surface area contributed by atoms with Gasteiger partial charge in [0, 0.05) is 14.3 Å². The molecule has 0 aromatic carbocycles. The van der Waals surface area contributed by atoms with E-state index in [1.54, 1.807) is 0 Å². The normalized spacial score (nSPS) is 21.8. The highest BCUT2D eigenvalue weighted by Crippen LogP contribution is 2.71. The summed E-state index contributed by atoms with van der Waals surface area (Å²) >= 11 is 0. The lowest BCUT2D eigenvalue weighted by molar-refractivity contribution is -0.331. The second kappa shape index (κ2) is 3.98. The molecule has 0 N–H and O–H groups in total. The Bertz CT molecular complexity index is 377. The molecule has 2 atom stereocenters. The Labute approximate surface area is 82.1 Å². The molecule has 0 aliphatic carbocycles. The lowest BCUT2D eigenvalue weighted by Crippen LogP contribution is -2.35. The molecule has 0 saturated carbocycles. The summed E-state index contributed by atoms with van der Waals surface area (Å²) in [6.07, 6.45) is 0. The summed E-state index contributed by atoms with van der Waals surface area (Å²) in [5.41, 5.74) is 0. The molecule has 0 fully saturated rings. The molecule has 0 bridgehead atoms. The Balaban J connectivity index is 5.32. The maximum Gasteiger partial charge on any atom is 0.332 e. The second-order valence-corrected chi connectivity index (χ2v) is 8.02. The third-order valence-electron chi connectivity index (χ3n) is 0.915. The standard InChI is InChI=1S/C2H7F2O8P3/c1-13(5,6)12-15(10,11)2(3,4)14(7,8)9/h1H3,(H,5,6)(H,10,11)(H2,7,8,9)/p-4. The van der Waals surface area contributed by atoms with Crippen LogP contribution in [0.1, 0.15) is 0 Å².